The summed E-state index contributed by atoms with van der Waals surface area (Å²) in [5, 5.41) is 11.3. The van der Waals surface area contributed by atoms with Crippen molar-refractivity contribution in [3.63, 3.8) is 0 Å². The number of carboxylic acid groups (broad SMARTS) is 1. The highest BCUT2D eigenvalue weighted by Crippen LogP contribution is 2.45. The Morgan fingerprint density at radius 2 is 2.32 bits per heavy atom. The summed E-state index contributed by atoms with van der Waals surface area (Å²) in [6.45, 7) is 1.69. The maximum Gasteiger partial charge on any atom is 0.327 e. The zero-order valence-corrected chi connectivity index (χ0v) is 10.9. The monoisotopic (exact) mass is 276 g/mol. The third-order valence-corrected chi connectivity index (χ3v) is 4.57. The molecule has 4 rings (SSSR count). The fraction of sp³-hybridized carbons (Fsp3) is 0.357. The van der Waals surface area contributed by atoms with E-state index in [0.717, 1.165) is 36.1 Å². The lowest BCUT2D eigenvalue weighted by molar-refractivity contribution is -0.143. The lowest BCUT2D eigenvalue weighted by Gasteiger charge is -2.29. The molecule has 2 aliphatic heterocycles. The maximum absolute atomic E-state index is 11.6. The van der Waals surface area contributed by atoms with Crippen LogP contribution in [0.2, 0.25) is 5.02 Å². The third-order valence-electron chi connectivity index (χ3n) is 4.33. The van der Waals surface area contributed by atoms with E-state index in [9.17, 15) is 9.90 Å². The summed E-state index contributed by atoms with van der Waals surface area (Å²) in [6.07, 6.45) is 1.02. The van der Waals surface area contributed by atoms with E-state index < -0.39 is 12.0 Å². The summed E-state index contributed by atoms with van der Waals surface area (Å²) >= 11 is 6.08. The van der Waals surface area contributed by atoms with Crippen LogP contribution in [0.15, 0.2) is 18.2 Å². The topological polar surface area (TPSA) is 56.3 Å². The summed E-state index contributed by atoms with van der Waals surface area (Å²) in [4.78, 5) is 16.9. The molecule has 3 heterocycles. The molecule has 0 radical (unpaired) electrons. The lowest BCUT2D eigenvalue weighted by atomic mass is 9.90. The van der Waals surface area contributed by atoms with Crippen LogP contribution in [0.25, 0.3) is 10.9 Å². The van der Waals surface area contributed by atoms with Crippen LogP contribution in [0.5, 0.6) is 0 Å². The van der Waals surface area contributed by atoms with Gasteiger partial charge in [-0.2, -0.15) is 0 Å². The molecule has 1 aromatic carbocycles. The zero-order chi connectivity index (χ0) is 13.1. The molecule has 2 aliphatic rings. The SMILES string of the molecule is O=C(O)C1c2[nH]c3ccc(Cl)cc3c2C2CCN1C2. The molecule has 3 unspecified atom stereocenters. The van der Waals surface area contributed by atoms with Gasteiger partial charge in [0.25, 0.3) is 0 Å². The van der Waals surface area contributed by atoms with Crippen molar-refractivity contribution in [1.82, 2.24) is 9.88 Å². The molecule has 0 spiro atoms. The summed E-state index contributed by atoms with van der Waals surface area (Å²) in [7, 11) is 0. The fourth-order valence-electron chi connectivity index (χ4n) is 3.58. The average Bonchev–Trinajstić information content (AvgIpc) is 2.92. The fourth-order valence-corrected chi connectivity index (χ4v) is 3.75. The largest absolute Gasteiger partial charge is 0.480 e. The molecule has 0 saturated carbocycles. The number of benzene rings is 1. The Bertz CT molecular complexity index is 694. The van der Waals surface area contributed by atoms with Crippen LogP contribution in [0.3, 0.4) is 0 Å². The van der Waals surface area contributed by atoms with E-state index in [4.69, 9.17) is 11.6 Å². The van der Waals surface area contributed by atoms with Crippen LogP contribution in [0.4, 0.5) is 0 Å². The van der Waals surface area contributed by atoms with Gasteiger partial charge in [-0.3, -0.25) is 9.69 Å². The molecule has 3 atom stereocenters. The minimum atomic E-state index is -0.778. The number of aliphatic carboxylic acids is 1. The molecular weight excluding hydrogens is 264 g/mol. The van der Waals surface area contributed by atoms with Crippen LogP contribution in [-0.4, -0.2) is 34.0 Å². The first-order chi connectivity index (χ1) is 9.15. The number of carbonyl (C=O) groups is 1. The first-order valence-corrected chi connectivity index (χ1v) is 6.81. The van der Waals surface area contributed by atoms with E-state index >= 15 is 0 Å². The van der Waals surface area contributed by atoms with Gasteiger partial charge in [-0.1, -0.05) is 11.6 Å². The normalized spacial score (nSPS) is 28.6. The van der Waals surface area contributed by atoms with Gasteiger partial charge < -0.3 is 10.1 Å². The van der Waals surface area contributed by atoms with Gasteiger partial charge >= 0.3 is 5.97 Å². The molecule has 19 heavy (non-hydrogen) atoms. The molecule has 5 heteroatoms. The van der Waals surface area contributed by atoms with Crippen molar-refractivity contribution in [3.05, 3.63) is 34.5 Å². The van der Waals surface area contributed by atoms with Crippen molar-refractivity contribution in [2.75, 3.05) is 13.1 Å². The molecule has 1 fully saturated rings. The van der Waals surface area contributed by atoms with E-state index in [1.165, 1.54) is 5.56 Å². The number of H-pyrrole nitrogens is 1. The second-order valence-electron chi connectivity index (χ2n) is 5.36. The smallest absolute Gasteiger partial charge is 0.327 e. The highest BCUT2D eigenvalue weighted by atomic mass is 35.5. The summed E-state index contributed by atoms with van der Waals surface area (Å²) < 4.78 is 0. The molecule has 1 aromatic heterocycles. The van der Waals surface area contributed by atoms with E-state index in [1.54, 1.807) is 0 Å². The highest BCUT2D eigenvalue weighted by molar-refractivity contribution is 6.31. The van der Waals surface area contributed by atoms with Crippen molar-refractivity contribution >= 4 is 28.5 Å². The third kappa shape index (κ3) is 1.47. The molecule has 4 nitrogen and oxygen atoms in total. The van der Waals surface area contributed by atoms with Crippen LogP contribution in [-0.2, 0) is 4.79 Å². The Morgan fingerprint density at radius 1 is 1.47 bits per heavy atom. The van der Waals surface area contributed by atoms with Gasteiger partial charge in [-0.15, -0.1) is 0 Å². The number of nitrogens with zero attached hydrogens (tertiary/aromatic N) is 1. The molecule has 2 N–H and O–H groups in total. The van der Waals surface area contributed by atoms with Crippen molar-refractivity contribution < 1.29 is 9.90 Å². The van der Waals surface area contributed by atoms with Gasteiger partial charge in [-0.25, -0.2) is 0 Å². The molecular formula is C14H13ClN2O2. The van der Waals surface area contributed by atoms with E-state index in [-0.39, 0.29) is 0 Å². The Balaban J connectivity index is 2.03. The Kier molecular flexibility index (Phi) is 2.23. The number of rotatable bonds is 1. The first-order valence-electron chi connectivity index (χ1n) is 6.43. The maximum atomic E-state index is 11.6. The van der Waals surface area contributed by atoms with Gasteiger partial charge in [0.05, 0.1) is 0 Å². The second-order valence-corrected chi connectivity index (χ2v) is 5.80. The summed E-state index contributed by atoms with van der Waals surface area (Å²) in [5.41, 5.74) is 2.99. The van der Waals surface area contributed by atoms with Crippen LogP contribution >= 0.6 is 11.6 Å². The molecule has 98 valence electrons. The molecule has 2 aromatic rings. The lowest BCUT2D eigenvalue weighted by Crippen LogP contribution is -2.35. The van der Waals surface area contributed by atoms with Gasteiger partial charge in [0.15, 0.2) is 0 Å². The number of fused-ring (bicyclic) bond motifs is 6. The summed E-state index contributed by atoms with van der Waals surface area (Å²) in [5.74, 6) is -0.350. The molecule has 1 saturated heterocycles. The van der Waals surface area contributed by atoms with Crippen LogP contribution < -0.4 is 0 Å². The number of nitrogens with one attached hydrogen (secondary N) is 1. The average molecular weight is 277 g/mol. The minimum absolute atomic E-state index is 0.429. The van der Waals surface area contributed by atoms with Gasteiger partial charge in [0.1, 0.15) is 6.04 Å². The molecule has 2 bridgehead atoms. The van der Waals surface area contributed by atoms with Crippen molar-refractivity contribution in [1.29, 1.82) is 0 Å². The minimum Gasteiger partial charge on any atom is -0.480 e. The quantitative estimate of drug-likeness (QED) is 0.842. The van der Waals surface area contributed by atoms with Crippen molar-refractivity contribution in [2.45, 2.75) is 18.4 Å². The van der Waals surface area contributed by atoms with Crippen molar-refractivity contribution in [3.8, 4) is 0 Å². The molecule has 0 aliphatic carbocycles. The predicted molar refractivity (Wildman–Crippen MR) is 72.6 cm³/mol. The standard InChI is InChI=1S/C14H13ClN2O2/c15-8-1-2-10-9(5-8)11-7-3-4-17(6-7)13(14(18)19)12(11)16-10/h1-2,5,7,13,16H,3-4,6H2,(H,18,19). The number of hydrogen-bond acceptors (Lipinski definition) is 2. The Hall–Kier alpha value is -1.52. The number of halogens is 1. The van der Waals surface area contributed by atoms with Gasteiger partial charge in [0, 0.05) is 34.1 Å². The number of aromatic amines is 1. The number of carboxylic acids is 1. The van der Waals surface area contributed by atoms with Crippen LogP contribution in [0.1, 0.15) is 29.6 Å². The van der Waals surface area contributed by atoms with E-state index in [1.807, 2.05) is 23.1 Å². The van der Waals surface area contributed by atoms with Gasteiger partial charge in [-0.05, 0) is 36.7 Å². The Morgan fingerprint density at radius 3 is 3.11 bits per heavy atom. The van der Waals surface area contributed by atoms with E-state index in [2.05, 4.69) is 4.98 Å². The van der Waals surface area contributed by atoms with Crippen molar-refractivity contribution in [2.24, 2.45) is 0 Å². The molecule has 0 amide bonds. The summed E-state index contributed by atoms with van der Waals surface area (Å²) in [6, 6.07) is 5.16. The second kappa shape index (κ2) is 3.74. The Labute approximate surface area is 115 Å². The number of hydrogen-bond donors (Lipinski definition) is 2. The predicted octanol–water partition coefficient (Wildman–Crippen LogP) is 2.75. The first kappa shape index (κ1) is 11.3. The zero-order valence-electron chi connectivity index (χ0n) is 10.2. The van der Waals surface area contributed by atoms with E-state index in [0.29, 0.717) is 10.9 Å². The van der Waals surface area contributed by atoms with Gasteiger partial charge in [0.2, 0.25) is 0 Å². The number of aromatic nitrogens is 1. The highest BCUT2D eigenvalue weighted by Gasteiger charge is 2.43. The van der Waals surface area contributed by atoms with Crippen LogP contribution in [0, 0.1) is 0 Å².